The molecule has 0 saturated heterocycles. The maximum Gasteiger partial charge on any atom is 0.251 e. The van der Waals surface area contributed by atoms with Gasteiger partial charge in [0.15, 0.2) is 9.03 Å². The Morgan fingerprint density at radius 3 is 2.33 bits per heavy atom. The molecule has 0 aliphatic carbocycles. The van der Waals surface area contributed by atoms with E-state index in [2.05, 4.69) is 44.0 Å². The topological polar surface area (TPSA) is 93.0 Å². The predicted molar refractivity (Wildman–Crippen MR) is 118 cm³/mol. The molecule has 9 heteroatoms. The van der Waals surface area contributed by atoms with Gasteiger partial charge in [0.25, 0.3) is 5.91 Å². The molecule has 0 saturated carbocycles. The second-order valence-corrected chi connectivity index (χ2v) is 7.86. The molecule has 0 spiro atoms. The summed E-state index contributed by atoms with van der Waals surface area (Å²) in [4.78, 5) is 14.1. The maximum atomic E-state index is 12.0. The molecule has 30 heavy (non-hydrogen) atoms. The third kappa shape index (κ3) is 9.84. The molecule has 1 N–H and O–H groups in total. The summed E-state index contributed by atoms with van der Waals surface area (Å²) < 4.78 is 21.4. The van der Waals surface area contributed by atoms with Crippen LogP contribution in [0.5, 0.6) is 5.75 Å². The van der Waals surface area contributed by atoms with Crippen molar-refractivity contribution >= 4 is 14.9 Å². The van der Waals surface area contributed by atoms with Gasteiger partial charge in [0.05, 0.1) is 39.6 Å². The Balaban J connectivity index is 2.07. The van der Waals surface area contributed by atoms with Gasteiger partial charge in [0.1, 0.15) is 11.8 Å². The van der Waals surface area contributed by atoms with Crippen molar-refractivity contribution in [1.29, 1.82) is 5.26 Å². The highest BCUT2D eigenvalue weighted by atomic mass is 31.1. The lowest BCUT2D eigenvalue weighted by Crippen LogP contribution is -2.46. The number of nitrogens with zero attached hydrogens (tertiary/aromatic N) is 2. The monoisotopic (exact) mass is 439 g/mol. The summed E-state index contributed by atoms with van der Waals surface area (Å²) in [6.45, 7) is 10.2. The number of nitriles is 1. The molecular formula is C21H34N3O5P. The zero-order valence-electron chi connectivity index (χ0n) is 18.5. The maximum absolute atomic E-state index is 12.0. The highest BCUT2D eigenvalue weighted by molar-refractivity contribution is 7.26. The summed E-state index contributed by atoms with van der Waals surface area (Å²) in [6.07, 6.45) is 0. The molecular weight excluding hydrogens is 405 g/mol. The molecule has 168 valence electrons. The number of carbonyl (C=O) groups is 1. The number of hydrogen-bond acceptors (Lipinski definition) is 7. The summed E-state index contributed by atoms with van der Waals surface area (Å²) in [5, 5.41) is 12.2. The van der Waals surface area contributed by atoms with Crippen molar-refractivity contribution in [3.8, 4) is 11.8 Å². The molecule has 1 aromatic rings. The summed E-state index contributed by atoms with van der Waals surface area (Å²) >= 11 is 0. The first kappa shape index (κ1) is 26.3. The number of methoxy groups -OCH3 is 1. The zero-order chi connectivity index (χ0) is 22.4. The largest absolute Gasteiger partial charge is 0.497 e. The van der Waals surface area contributed by atoms with Crippen molar-refractivity contribution in [3.05, 3.63) is 29.8 Å². The van der Waals surface area contributed by atoms with E-state index in [1.165, 1.54) is 0 Å². The molecule has 1 aromatic carbocycles. The van der Waals surface area contributed by atoms with Crippen molar-refractivity contribution in [3.63, 3.8) is 0 Å². The molecule has 1 amide bonds. The van der Waals surface area contributed by atoms with Gasteiger partial charge in [-0.15, -0.1) is 0 Å². The van der Waals surface area contributed by atoms with Gasteiger partial charge in [-0.3, -0.25) is 9.69 Å². The quantitative estimate of drug-likeness (QED) is 0.332. The van der Waals surface area contributed by atoms with Crippen LogP contribution in [0.1, 0.15) is 38.1 Å². The van der Waals surface area contributed by atoms with Gasteiger partial charge in [-0.25, -0.2) is 0 Å². The second-order valence-electron chi connectivity index (χ2n) is 7.12. The smallest absolute Gasteiger partial charge is 0.251 e. The van der Waals surface area contributed by atoms with Gasteiger partial charge in [0, 0.05) is 24.2 Å². The number of rotatable bonds is 15. The number of benzene rings is 1. The SMILES string of the molecule is COc1ccc(C(=O)NCCOCCOPOCC(C#N)N(C(C)C)C(C)C)cc1. The van der Waals surface area contributed by atoms with Crippen LogP contribution < -0.4 is 10.1 Å². The Labute approximate surface area is 181 Å². The van der Waals surface area contributed by atoms with E-state index in [0.717, 1.165) is 0 Å². The minimum Gasteiger partial charge on any atom is -0.497 e. The number of amides is 1. The number of hydrogen-bond donors (Lipinski definition) is 1. The fraction of sp³-hybridized carbons (Fsp3) is 0.619. The van der Waals surface area contributed by atoms with Crippen molar-refractivity contribution in [2.24, 2.45) is 0 Å². The van der Waals surface area contributed by atoms with Crippen LogP contribution in [0.4, 0.5) is 0 Å². The van der Waals surface area contributed by atoms with Crippen LogP contribution >= 0.6 is 9.03 Å². The van der Waals surface area contributed by atoms with Crippen LogP contribution in [-0.2, 0) is 13.8 Å². The highest BCUT2D eigenvalue weighted by Crippen LogP contribution is 2.17. The Bertz CT molecular complexity index is 641. The van der Waals surface area contributed by atoms with Crippen molar-refractivity contribution in [2.75, 3.05) is 40.1 Å². The van der Waals surface area contributed by atoms with Crippen LogP contribution in [0.3, 0.4) is 0 Å². The summed E-state index contributed by atoms with van der Waals surface area (Å²) in [5.74, 6) is 0.552. The van der Waals surface area contributed by atoms with E-state index in [-0.39, 0.29) is 33.1 Å². The molecule has 0 fully saturated rings. The number of ether oxygens (including phenoxy) is 2. The van der Waals surface area contributed by atoms with E-state index >= 15 is 0 Å². The van der Waals surface area contributed by atoms with Crippen molar-refractivity contribution < 1.29 is 23.3 Å². The standard InChI is InChI=1S/C21H34N3O5P/c1-16(2)24(17(3)4)19(14-22)15-29-30-28-13-12-27-11-10-23-21(25)18-6-8-20(26-5)9-7-18/h6-9,16-17,19,30H,10-13,15H2,1-5H3,(H,23,25). The first-order chi connectivity index (χ1) is 14.4. The third-order valence-corrected chi connectivity index (χ3v) is 4.88. The van der Waals surface area contributed by atoms with Gasteiger partial charge >= 0.3 is 0 Å². The lowest BCUT2D eigenvalue weighted by molar-refractivity contribution is 0.0838. The molecule has 0 aliphatic heterocycles. The van der Waals surface area contributed by atoms with Gasteiger partial charge < -0.3 is 23.8 Å². The van der Waals surface area contributed by atoms with Crippen LogP contribution in [0.25, 0.3) is 0 Å². The minimum absolute atomic E-state index is 0.142. The Morgan fingerprint density at radius 2 is 1.77 bits per heavy atom. The third-order valence-electron chi connectivity index (χ3n) is 4.27. The molecule has 0 radical (unpaired) electrons. The molecule has 0 bridgehead atoms. The Hall–Kier alpha value is -1.75. The highest BCUT2D eigenvalue weighted by Gasteiger charge is 2.23. The van der Waals surface area contributed by atoms with E-state index in [0.29, 0.717) is 44.3 Å². The summed E-state index contributed by atoms with van der Waals surface area (Å²) in [7, 11) is 1.44. The fourth-order valence-corrected chi connectivity index (χ4v) is 3.46. The first-order valence-electron chi connectivity index (χ1n) is 10.1. The van der Waals surface area contributed by atoms with E-state index < -0.39 is 0 Å². The van der Waals surface area contributed by atoms with Gasteiger partial charge in [-0.05, 0) is 52.0 Å². The van der Waals surface area contributed by atoms with E-state index in [9.17, 15) is 10.1 Å². The average molecular weight is 439 g/mol. The summed E-state index contributed by atoms with van der Waals surface area (Å²) in [6, 6.07) is 9.44. The van der Waals surface area contributed by atoms with E-state index in [4.69, 9.17) is 18.5 Å². The van der Waals surface area contributed by atoms with Gasteiger partial charge in [-0.1, -0.05) is 0 Å². The fourth-order valence-electron chi connectivity index (χ4n) is 2.99. The molecule has 0 aromatic heterocycles. The lowest BCUT2D eigenvalue weighted by atomic mass is 10.1. The number of carbonyl (C=O) groups excluding carboxylic acids is 1. The van der Waals surface area contributed by atoms with Crippen LogP contribution in [-0.4, -0.2) is 69.0 Å². The molecule has 0 heterocycles. The van der Waals surface area contributed by atoms with E-state index in [1.54, 1.807) is 31.4 Å². The van der Waals surface area contributed by atoms with Gasteiger partial charge in [0.2, 0.25) is 0 Å². The minimum atomic E-state index is -0.299. The molecule has 2 atom stereocenters. The Kier molecular flexibility index (Phi) is 13.2. The Morgan fingerprint density at radius 1 is 1.10 bits per heavy atom. The van der Waals surface area contributed by atoms with Crippen molar-refractivity contribution in [1.82, 2.24) is 10.2 Å². The lowest BCUT2D eigenvalue weighted by Gasteiger charge is -2.34. The van der Waals surface area contributed by atoms with Crippen LogP contribution in [0, 0.1) is 11.3 Å². The number of nitrogens with one attached hydrogen (secondary N) is 1. The molecule has 1 rings (SSSR count). The average Bonchev–Trinajstić information content (AvgIpc) is 2.73. The second kappa shape index (κ2) is 15.1. The first-order valence-corrected chi connectivity index (χ1v) is 10.9. The summed E-state index contributed by atoms with van der Waals surface area (Å²) in [5.41, 5.74) is 0.571. The normalized spacial score (nSPS) is 12.6. The van der Waals surface area contributed by atoms with Crippen LogP contribution in [0.2, 0.25) is 0 Å². The van der Waals surface area contributed by atoms with Crippen LogP contribution in [0.15, 0.2) is 24.3 Å². The predicted octanol–water partition coefficient (Wildman–Crippen LogP) is 2.99. The molecule has 2 unspecified atom stereocenters. The van der Waals surface area contributed by atoms with Gasteiger partial charge in [-0.2, -0.15) is 5.26 Å². The molecule has 8 nitrogen and oxygen atoms in total. The van der Waals surface area contributed by atoms with E-state index in [1.807, 2.05) is 0 Å². The zero-order valence-corrected chi connectivity index (χ0v) is 19.5. The van der Waals surface area contributed by atoms with Crippen molar-refractivity contribution in [2.45, 2.75) is 45.8 Å². The molecule has 0 aliphatic rings.